The topological polar surface area (TPSA) is 51.0 Å². The summed E-state index contributed by atoms with van der Waals surface area (Å²) in [6.45, 7) is 0.421. The van der Waals surface area contributed by atoms with E-state index in [2.05, 4.69) is 25.8 Å². The monoisotopic (exact) mass is 240 g/mol. The summed E-state index contributed by atoms with van der Waals surface area (Å²) in [5.41, 5.74) is 2.13. The van der Waals surface area contributed by atoms with Crippen molar-refractivity contribution in [2.24, 2.45) is 5.90 Å². The molecule has 0 aliphatic rings. The first-order valence-corrected chi connectivity index (χ1v) is 4.68. The lowest BCUT2D eigenvalue weighted by Crippen LogP contribution is -1.99. The molecule has 0 amide bonds. The van der Waals surface area contributed by atoms with Gasteiger partial charge in [-0.3, -0.25) is 4.84 Å². The van der Waals surface area contributed by atoms with Crippen LogP contribution in [0.1, 0.15) is 5.56 Å². The third-order valence-corrected chi connectivity index (χ3v) is 2.65. The standard InChI is InChI=1S/C9H9BrN2O/c10-8-4-12-9-6(5-13-11)2-1-3-7(8)9/h1-4,12H,5,11H2. The minimum Gasteiger partial charge on any atom is -0.360 e. The molecule has 0 fully saturated rings. The van der Waals surface area contributed by atoms with Crippen LogP contribution in [0.3, 0.4) is 0 Å². The average molecular weight is 241 g/mol. The molecule has 2 aromatic rings. The lowest BCUT2D eigenvalue weighted by atomic mass is 10.1. The quantitative estimate of drug-likeness (QED) is 0.792. The predicted octanol–water partition coefficient (Wildman–Crippen LogP) is 2.32. The van der Waals surface area contributed by atoms with Crippen LogP contribution in [0.4, 0.5) is 0 Å². The highest BCUT2D eigenvalue weighted by atomic mass is 79.9. The van der Waals surface area contributed by atoms with Crippen molar-refractivity contribution in [2.75, 3.05) is 0 Å². The molecule has 4 heteroatoms. The van der Waals surface area contributed by atoms with Crippen LogP contribution < -0.4 is 5.90 Å². The second-order valence-corrected chi connectivity index (χ2v) is 3.64. The van der Waals surface area contributed by atoms with Gasteiger partial charge in [0, 0.05) is 21.6 Å². The van der Waals surface area contributed by atoms with E-state index in [1.54, 1.807) is 0 Å². The van der Waals surface area contributed by atoms with E-state index in [0.29, 0.717) is 6.61 Å². The van der Waals surface area contributed by atoms with Gasteiger partial charge in [0.15, 0.2) is 0 Å². The second kappa shape index (κ2) is 3.49. The SMILES string of the molecule is NOCc1cccc2c(Br)c[nH]c12. The van der Waals surface area contributed by atoms with Crippen LogP contribution >= 0.6 is 15.9 Å². The van der Waals surface area contributed by atoms with Crippen molar-refractivity contribution >= 4 is 26.8 Å². The summed E-state index contributed by atoms with van der Waals surface area (Å²) in [4.78, 5) is 7.77. The molecule has 3 nitrogen and oxygen atoms in total. The van der Waals surface area contributed by atoms with E-state index in [1.165, 1.54) is 0 Å². The lowest BCUT2D eigenvalue weighted by molar-refractivity contribution is 0.125. The first kappa shape index (κ1) is 8.74. The van der Waals surface area contributed by atoms with Gasteiger partial charge in [-0.25, -0.2) is 5.90 Å². The zero-order valence-corrected chi connectivity index (χ0v) is 8.47. The van der Waals surface area contributed by atoms with E-state index in [1.807, 2.05) is 24.4 Å². The van der Waals surface area contributed by atoms with E-state index in [-0.39, 0.29) is 0 Å². The van der Waals surface area contributed by atoms with Gasteiger partial charge < -0.3 is 4.98 Å². The summed E-state index contributed by atoms with van der Waals surface area (Å²) in [6, 6.07) is 6.00. The fourth-order valence-electron chi connectivity index (χ4n) is 1.39. The molecule has 0 saturated heterocycles. The minimum absolute atomic E-state index is 0.421. The van der Waals surface area contributed by atoms with E-state index < -0.39 is 0 Å². The van der Waals surface area contributed by atoms with Crippen LogP contribution in [-0.4, -0.2) is 4.98 Å². The fraction of sp³-hybridized carbons (Fsp3) is 0.111. The summed E-state index contributed by atoms with van der Waals surface area (Å²) in [7, 11) is 0. The van der Waals surface area contributed by atoms with Crippen molar-refractivity contribution in [3.63, 3.8) is 0 Å². The number of halogens is 1. The van der Waals surface area contributed by atoms with Gasteiger partial charge in [-0.1, -0.05) is 18.2 Å². The van der Waals surface area contributed by atoms with E-state index in [0.717, 1.165) is 20.9 Å². The number of hydrogen-bond donors (Lipinski definition) is 2. The Labute approximate surface area is 84.0 Å². The normalized spacial score (nSPS) is 10.9. The Morgan fingerprint density at radius 3 is 3.08 bits per heavy atom. The Morgan fingerprint density at radius 2 is 2.31 bits per heavy atom. The van der Waals surface area contributed by atoms with Crippen molar-refractivity contribution < 1.29 is 4.84 Å². The van der Waals surface area contributed by atoms with Gasteiger partial charge in [-0.2, -0.15) is 0 Å². The number of nitrogens with one attached hydrogen (secondary N) is 1. The largest absolute Gasteiger partial charge is 0.360 e. The maximum atomic E-state index is 5.03. The summed E-state index contributed by atoms with van der Waals surface area (Å²) < 4.78 is 1.06. The molecule has 1 aromatic heterocycles. The Morgan fingerprint density at radius 1 is 1.46 bits per heavy atom. The van der Waals surface area contributed by atoms with Crippen molar-refractivity contribution in [3.05, 3.63) is 34.4 Å². The molecule has 1 heterocycles. The third kappa shape index (κ3) is 1.48. The molecule has 0 aliphatic carbocycles. The maximum absolute atomic E-state index is 5.03. The summed E-state index contributed by atoms with van der Waals surface area (Å²) >= 11 is 3.45. The molecule has 0 aliphatic heterocycles. The number of para-hydroxylation sites is 1. The van der Waals surface area contributed by atoms with Crippen molar-refractivity contribution in [1.82, 2.24) is 4.98 Å². The van der Waals surface area contributed by atoms with Gasteiger partial charge in [0.25, 0.3) is 0 Å². The summed E-state index contributed by atoms with van der Waals surface area (Å²) in [5, 5.41) is 1.15. The van der Waals surface area contributed by atoms with E-state index in [9.17, 15) is 0 Å². The van der Waals surface area contributed by atoms with Gasteiger partial charge in [0.1, 0.15) is 0 Å². The van der Waals surface area contributed by atoms with Gasteiger partial charge in [0.05, 0.1) is 12.1 Å². The number of H-pyrrole nitrogens is 1. The van der Waals surface area contributed by atoms with Gasteiger partial charge >= 0.3 is 0 Å². The molecule has 3 N–H and O–H groups in total. The molecule has 0 saturated carbocycles. The summed E-state index contributed by atoms with van der Waals surface area (Å²) in [5.74, 6) is 5.03. The zero-order chi connectivity index (χ0) is 9.26. The number of fused-ring (bicyclic) bond motifs is 1. The van der Waals surface area contributed by atoms with Crippen LogP contribution in [0, 0.1) is 0 Å². The number of hydrogen-bond acceptors (Lipinski definition) is 2. The third-order valence-electron chi connectivity index (χ3n) is 1.99. The minimum atomic E-state index is 0.421. The first-order valence-electron chi connectivity index (χ1n) is 3.89. The van der Waals surface area contributed by atoms with Crippen molar-refractivity contribution in [1.29, 1.82) is 0 Å². The number of aromatic nitrogens is 1. The Bertz CT molecular complexity index is 424. The molecule has 0 bridgehead atoms. The highest BCUT2D eigenvalue weighted by Gasteiger charge is 2.04. The second-order valence-electron chi connectivity index (χ2n) is 2.79. The van der Waals surface area contributed by atoms with Crippen LogP contribution in [0.15, 0.2) is 28.9 Å². The maximum Gasteiger partial charge on any atom is 0.0950 e. The van der Waals surface area contributed by atoms with Crippen molar-refractivity contribution in [3.8, 4) is 0 Å². The van der Waals surface area contributed by atoms with Crippen LogP contribution in [0.5, 0.6) is 0 Å². The van der Waals surface area contributed by atoms with Gasteiger partial charge in [-0.05, 0) is 15.9 Å². The molecular weight excluding hydrogens is 232 g/mol. The molecule has 68 valence electrons. The lowest BCUT2D eigenvalue weighted by Gasteiger charge is -2.00. The highest BCUT2D eigenvalue weighted by Crippen LogP contribution is 2.25. The fourth-order valence-corrected chi connectivity index (χ4v) is 1.84. The summed E-state index contributed by atoms with van der Waals surface area (Å²) in [6.07, 6.45) is 1.91. The molecular formula is C9H9BrN2O. The Hall–Kier alpha value is -0.840. The highest BCUT2D eigenvalue weighted by molar-refractivity contribution is 9.10. The van der Waals surface area contributed by atoms with E-state index >= 15 is 0 Å². The molecule has 0 unspecified atom stereocenters. The number of rotatable bonds is 2. The molecule has 13 heavy (non-hydrogen) atoms. The number of nitrogens with two attached hydrogens (primary N) is 1. The molecule has 2 rings (SSSR count). The number of aromatic amines is 1. The van der Waals surface area contributed by atoms with E-state index in [4.69, 9.17) is 5.90 Å². The average Bonchev–Trinajstić information content (AvgIpc) is 2.50. The molecule has 1 aromatic carbocycles. The van der Waals surface area contributed by atoms with Gasteiger partial charge in [0.2, 0.25) is 0 Å². The van der Waals surface area contributed by atoms with Crippen molar-refractivity contribution in [2.45, 2.75) is 6.61 Å². The first-order chi connectivity index (χ1) is 6.33. The van der Waals surface area contributed by atoms with Crippen LogP contribution in [0.2, 0.25) is 0 Å². The zero-order valence-electron chi connectivity index (χ0n) is 6.88. The smallest absolute Gasteiger partial charge is 0.0950 e. The Balaban J connectivity index is 2.63. The number of benzene rings is 1. The molecule has 0 atom stereocenters. The Kier molecular flexibility index (Phi) is 2.35. The molecule has 0 spiro atoms. The predicted molar refractivity (Wildman–Crippen MR) is 55.0 cm³/mol. The van der Waals surface area contributed by atoms with Crippen LogP contribution in [0.25, 0.3) is 10.9 Å². The van der Waals surface area contributed by atoms with Gasteiger partial charge in [-0.15, -0.1) is 0 Å². The molecule has 0 radical (unpaired) electrons. The van der Waals surface area contributed by atoms with Crippen LogP contribution in [-0.2, 0) is 11.4 Å².